The first-order chi connectivity index (χ1) is 21.0. The molecule has 3 atom stereocenters. The Morgan fingerprint density at radius 2 is 1.82 bits per heavy atom. The number of carbonyl (C=O) groups excluding carboxylic acids is 1. The number of imidazole rings is 1. The molecule has 44 heavy (non-hydrogen) atoms. The number of para-hydroxylation sites is 1. The zero-order valence-corrected chi connectivity index (χ0v) is 27.4. The van der Waals surface area contributed by atoms with Gasteiger partial charge < -0.3 is 24.3 Å². The molecule has 2 heterocycles. The molecule has 0 radical (unpaired) electrons. The predicted octanol–water partition coefficient (Wildman–Crippen LogP) is 7.22. The van der Waals surface area contributed by atoms with Crippen molar-refractivity contribution in [1.29, 1.82) is 0 Å². The molecule has 2 aromatic carbocycles. The average molecular weight is 646 g/mol. The number of halogens is 1. The molecule has 3 N–H and O–H groups in total. The molecule has 0 aliphatic carbocycles. The summed E-state index contributed by atoms with van der Waals surface area (Å²) in [5.74, 6) is 0.628. The lowest BCUT2D eigenvalue weighted by Crippen LogP contribution is -2.36. The largest absolute Gasteiger partial charge is 0.462 e. The predicted molar refractivity (Wildman–Crippen MR) is 173 cm³/mol. The van der Waals surface area contributed by atoms with Gasteiger partial charge in [-0.25, -0.2) is 14.5 Å². The Labute approximate surface area is 263 Å². The third kappa shape index (κ3) is 8.28. The SMILES string of the molecule is CCCC[C@@H](COP(=O)(N[C@@H](C)C(=O)OC(C)C)Oc1ccc(Cl)cc1)n1c(COCC)nc2c(N)nc3ccccc3c21. The van der Waals surface area contributed by atoms with E-state index in [9.17, 15) is 9.36 Å². The second-order valence-electron chi connectivity index (χ2n) is 10.7. The Balaban J connectivity index is 1.76. The van der Waals surface area contributed by atoms with Crippen LogP contribution >= 0.6 is 19.3 Å². The second-order valence-corrected chi connectivity index (χ2v) is 12.8. The molecule has 0 saturated carbocycles. The van der Waals surface area contributed by atoms with Crippen molar-refractivity contribution >= 4 is 53.1 Å². The van der Waals surface area contributed by atoms with Crippen molar-refractivity contribution in [2.24, 2.45) is 0 Å². The molecule has 2 aromatic heterocycles. The third-order valence-corrected chi connectivity index (χ3v) is 8.75. The van der Waals surface area contributed by atoms with Crippen molar-refractivity contribution in [2.75, 3.05) is 18.9 Å². The Morgan fingerprint density at radius 3 is 2.50 bits per heavy atom. The van der Waals surface area contributed by atoms with E-state index in [1.165, 1.54) is 0 Å². The van der Waals surface area contributed by atoms with Gasteiger partial charge in [-0.05, 0) is 64.4 Å². The Kier molecular flexibility index (Phi) is 11.6. The lowest BCUT2D eigenvalue weighted by Gasteiger charge is -2.27. The molecule has 0 spiro atoms. The number of unbranched alkanes of at least 4 members (excludes halogenated alkanes) is 1. The molecular formula is C31H41ClN5O6P. The van der Waals surface area contributed by atoms with E-state index < -0.39 is 19.8 Å². The van der Waals surface area contributed by atoms with E-state index in [1.807, 2.05) is 31.2 Å². The van der Waals surface area contributed by atoms with Crippen LogP contribution in [-0.4, -0.2) is 45.9 Å². The van der Waals surface area contributed by atoms with Gasteiger partial charge in [0, 0.05) is 17.0 Å². The van der Waals surface area contributed by atoms with Gasteiger partial charge in [-0.2, -0.15) is 5.09 Å². The van der Waals surface area contributed by atoms with Gasteiger partial charge in [-0.3, -0.25) is 9.32 Å². The molecule has 4 aromatic rings. The second kappa shape index (κ2) is 15.2. The summed E-state index contributed by atoms with van der Waals surface area (Å²) in [6.07, 6.45) is 2.10. The van der Waals surface area contributed by atoms with Crippen molar-refractivity contribution in [3.8, 4) is 5.75 Å². The van der Waals surface area contributed by atoms with Crippen molar-refractivity contribution in [3.63, 3.8) is 0 Å². The molecular weight excluding hydrogens is 605 g/mol. The number of aromatic nitrogens is 3. The minimum atomic E-state index is -4.15. The number of nitrogens with two attached hydrogens (primary N) is 1. The maximum absolute atomic E-state index is 14.3. The number of nitrogens with one attached hydrogen (secondary N) is 1. The van der Waals surface area contributed by atoms with E-state index in [1.54, 1.807) is 45.0 Å². The zero-order valence-electron chi connectivity index (χ0n) is 25.8. The third-order valence-electron chi connectivity index (χ3n) is 6.85. The average Bonchev–Trinajstić information content (AvgIpc) is 3.37. The first-order valence-electron chi connectivity index (χ1n) is 14.9. The number of carbonyl (C=O) groups is 1. The number of hydrogen-bond donors (Lipinski definition) is 2. The Hall–Kier alpha value is -3.21. The number of benzene rings is 2. The number of hydrogen-bond acceptors (Lipinski definition) is 9. The van der Waals surface area contributed by atoms with E-state index in [2.05, 4.69) is 21.6 Å². The van der Waals surface area contributed by atoms with Crippen LogP contribution in [0.25, 0.3) is 21.9 Å². The van der Waals surface area contributed by atoms with E-state index >= 15 is 0 Å². The highest BCUT2D eigenvalue weighted by atomic mass is 35.5. The maximum atomic E-state index is 14.3. The van der Waals surface area contributed by atoms with E-state index in [-0.39, 0.29) is 31.1 Å². The highest BCUT2D eigenvalue weighted by Gasteiger charge is 2.34. The standard InChI is InChI=1S/C31H41ClN5O6P/c1-6-8-11-23(37-27(19-40-7-2)35-28-29(37)25-12-9-10-13-26(25)34-30(28)33)18-41-44(39,36-21(5)31(38)42-20(3)4)43-24-16-14-22(32)15-17-24/h9-10,12-17,20-21,23H,6-8,11,18-19H2,1-5H3,(H2,33,34)(H,36,39)/t21-,23-,44?/m0/s1. The highest BCUT2D eigenvalue weighted by molar-refractivity contribution is 7.52. The summed E-state index contributed by atoms with van der Waals surface area (Å²) in [4.78, 5) is 22.1. The number of rotatable bonds is 16. The van der Waals surface area contributed by atoms with Crippen LogP contribution in [0.2, 0.25) is 5.02 Å². The van der Waals surface area contributed by atoms with Gasteiger partial charge in [-0.15, -0.1) is 0 Å². The first kappa shape index (κ1) is 33.7. The van der Waals surface area contributed by atoms with Crippen LogP contribution in [0.4, 0.5) is 5.82 Å². The van der Waals surface area contributed by atoms with Crippen LogP contribution in [0.5, 0.6) is 5.75 Å². The molecule has 0 aliphatic rings. The summed E-state index contributed by atoms with van der Waals surface area (Å²) < 4.78 is 39.6. The van der Waals surface area contributed by atoms with Crippen molar-refractivity contribution in [3.05, 3.63) is 59.4 Å². The van der Waals surface area contributed by atoms with Gasteiger partial charge >= 0.3 is 13.7 Å². The maximum Gasteiger partial charge on any atom is 0.459 e. The molecule has 13 heteroatoms. The van der Waals surface area contributed by atoms with Crippen LogP contribution in [0, 0.1) is 0 Å². The molecule has 238 valence electrons. The van der Waals surface area contributed by atoms with Gasteiger partial charge in [0.2, 0.25) is 0 Å². The summed E-state index contributed by atoms with van der Waals surface area (Å²) in [6.45, 7) is 9.73. The minimum absolute atomic E-state index is 0.0368. The minimum Gasteiger partial charge on any atom is -0.462 e. The van der Waals surface area contributed by atoms with Crippen molar-refractivity contribution < 1.29 is 27.9 Å². The number of anilines is 1. The number of pyridine rings is 1. The number of esters is 1. The summed E-state index contributed by atoms with van der Waals surface area (Å²) in [6, 6.07) is 12.8. The van der Waals surface area contributed by atoms with Crippen molar-refractivity contribution in [2.45, 2.75) is 78.7 Å². The lowest BCUT2D eigenvalue weighted by molar-refractivity contribution is -0.149. The van der Waals surface area contributed by atoms with E-state index in [0.29, 0.717) is 35.2 Å². The lowest BCUT2D eigenvalue weighted by atomic mass is 10.1. The van der Waals surface area contributed by atoms with Crippen LogP contribution in [0.15, 0.2) is 48.5 Å². The summed E-state index contributed by atoms with van der Waals surface area (Å²) in [5.41, 5.74) is 8.49. The monoisotopic (exact) mass is 645 g/mol. The fourth-order valence-electron chi connectivity index (χ4n) is 4.82. The van der Waals surface area contributed by atoms with E-state index in [4.69, 9.17) is 40.8 Å². The Bertz CT molecular complexity index is 1610. The number of nitrogen functional groups attached to an aromatic ring is 1. The molecule has 0 amide bonds. The summed E-state index contributed by atoms with van der Waals surface area (Å²) in [5, 5.41) is 4.13. The number of fused-ring (bicyclic) bond motifs is 3. The molecule has 4 rings (SSSR count). The molecule has 1 unspecified atom stereocenters. The Morgan fingerprint density at radius 1 is 1.09 bits per heavy atom. The van der Waals surface area contributed by atoms with Crippen LogP contribution in [-0.2, 0) is 30.0 Å². The summed E-state index contributed by atoms with van der Waals surface area (Å²) >= 11 is 6.05. The normalized spacial score (nSPS) is 14.5. The molecule has 0 bridgehead atoms. The highest BCUT2D eigenvalue weighted by Crippen LogP contribution is 2.46. The zero-order chi connectivity index (χ0) is 31.9. The topological polar surface area (TPSA) is 140 Å². The van der Waals surface area contributed by atoms with Gasteiger partial charge in [-0.1, -0.05) is 49.6 Å². The fourth-order valence-corrected chi connectivity index (χ4v) is 6.47. The summed E-state index contributed by atoms with van der Waals surface area (Å²) in [7, 11) is -4.15. The van der Waals surface area contributed by atoms with Crippen LogP contribution in [0.1, 0.15) is 65.7 Å². The molecule has 0 aliphatic heterocycles. The smallest absolute Gasteiger partial charge is 0.459 e. The van der Waals surface area contributed by atoms with Gasteiger partial charge in [0.05, 0.1) is 29.8 Å². The van der Waals surface area contributed by atoms with Gasteiger partial charge in [0.15, 0.2) is 5.82 Å². The van der Waals surface area contributed by atoms with Crippen molar-refractivity contribution in [1.82, 2.24) is 19.6 Å². The first-order valence-corrected chi connectivity index (χ1v) is 16.8. The van der Waals surface area contributed by atoms with E-state index in [0.717, 1.165) is 29.3 Å². The molecule has 0 saturated heterocycles. The molecule has 0 fully saturated rings. The number of nitrogens with zero attached hydrogens (tertiary/aromatic N) is 3. The quantitative estimate of drug-likeness (QED) is 0.0948. The molecule has 11 nitrogen and oxygen atoms in total. The van der Waals surface area contributed by atoms with Gasteiger partial charge in [0.1, 0.15) is 29.7 Å². The van der Waals surface area contributed by atoms with Crippen LogP contribution in [0.3, 0.4) is 0 Å². The van der Waals surface area contributed by atoms with Gasteiger partial charge in [0.25, 0.3) is 0 Å². The van der Waals surface area contributed by atoms with Crippen LogP contribution < -0.4 is 15.3 Å². The number of ether oxygens (including phenoxy) is 2. The fraction of sp³-hybridized carbons (Fsp3) is 0.452.